The maximum atomic E-state index is 12.6. The van der Waals surface area contributed by atoms with Crippen LogP contribution in [0.25, 0.3) is 20.9 Å². The van der Waals surface area contributed by atoms with Crippen molar-refractivity contribution in [1.82, 2.24) is 5.43 Å². The standard InChI is InChI=1S/C28H19ClN2O4S/c29-26-23-7-3-4-8-24(23)36-27(26)28(33)35-21-12-9-18(10-13-21)16-30-31-25(32)17-34-22-14-11-19-5-1-2-6-20(19)15-22/h1-16H,17H2,(H,31,32)/b30-16-. The smallest absolute Gasteiger partial charge is 0.355 e. The first kappa shape index (κ1) is 23.5. The van der Waals surface area contributed by atoms with Crippen LogP contribution in [-0.4, -0.2) is 24.7 Å². The van der Waals surface area contributed by atoms with E-state index in [1.807, 2.05) is 66.7 Å². The van der Waals surface area contributed by atoms with E-state index in [-0.39, 0.29) is 12.5 Å². The molecule has 0 saturated carbocycles. The predicted molar refractivity (Wildman–Crippen MR) is 143 cm³/mol. The van der Waals surface area contributed by atoms with E-state index in [1.54, 1.807) is 24.3 Å². The van der Waals surface area contributed by atoms with Gasteiger partial charge in [0.1, 0.15) is 16.4 Å². The van der Waals surface area contributed by atoms with Crippen LogP contribution < -0.4 is 14.9 Å². The van der Waals surface area contributed by atoms with Gasteiger partial charge in [-0.15, -0.1) is 11.3 Å². The van der Waals surface area contributed by atoms with Crippen LogP contribution in [0.4, 0.5) is 0 Å². The molecule has 5 rings (SSSR count). The van der Waals surface area contributed by atoms with Crippen molar-refractivity contribution in [2.24, 2.45) is 5.10 Å². The number of carbonyl (C=O) groups excluding carboxylic acids is 2. The maximum Gasteiger partial charge on any atom is 0.355 e. The molecule has 0 spiro atoms. The topological polar surface area (TPSA) is 77.0 Å². The number of hydrazone groups is 1. The Bertz CT molecular complexity index is 1590. The van der Waals surface area contributed by atoms with E-state index in [0.717, 1.165) is 20.9 Å². The predicted octanol–water partition coefficient (Wildman–Crippen LogP) is 6.46. The number of benzene rings is 4. The highest BCUT2D eigenvalue weighted by atomic mass is 35.5. The molecular formula is C28H19ClN2O4S. The summed E-state index contributed by atoms with van der Waals surface area (Å²) in [4.78, 5) is 25.0. The fraction of sp³-hybridized carbons (Fsp3) is 0.0357. The molecule has 1 N–H and O–H groups in total. The lowest BCUT2D eigenvalue weighted by Crippen LogP contribution is -2.24. The van der Waals surface area contributed by atoms with E-state index in [4.69, 9.17) is 21.1 Å². The summed E-state index contributed by atoms with van der Waals surface area (Å²) in [6.07, 6.45) is 1.49. The lowest BCUT2D eigenvalue weighted by atomic mass is 10.1. The summed E-state index contributed by atoms with van der Waals surface area (Å²) in [6, 6.07) is 27.8. The van der Waals surface area contributed by atoms with Gasteiger partial charge in [0.2, 0.25) is 0 Å². The summed E-state index contributed by atoms with van der Waals surface area (Å²) in [5.41, 5.74) is 3.15. The molecule has 1 heterocycles. The van der Waals surface area contributed by atoms with Gasteiger partial charge in [0.05, 0.1) is 11.2 Å². The van der Waals surface area contributed by atoms with Crippen molar-refractivity contribution < 1.29 is 19.1 Å². The lowest BCUT2D eigenvalue weighted by Gasteiger charge is -2.06. The van der Waals surface area contributed by atoms with E-state index in [9.17, 15) is 9.59 Å². The highest BCUT2D eigenvalue weighted by Crippen LogP contribution is 2.35. The molecule has 4 aromatic carbocycles. The third kappa shape index (κ3) is 5.38. The van der Waals surface area contributed by atoms with Crippen molar-refractivity contribution in [2.75, 3.05) is 6.61 Å². The minimum absolute atomic E-state index is 0.162. The number of fused-ring (bicyclic) bond motifs is 2. The van der Waals surface area contributed by atoms with Gasteiger partial charge in [-0.3, -0.25) is 4.79 Å². The number of nitrogens with zero attached hydrogens (tertiary/aromatic N) is 1. The van der Waals surface area contributed by atoms with Crippen LogP contribution in [0.5, 0.6) is 11.5 Å². The second-order valence-electron chi connectivity index (χ2n) is 7.79. The Morgan fingerprint density at radius 3 is 2.42 bits per heavy atom. The lowest BCUT2D eigenvalue weighted by molar-refractivity contribution is -0.123. The molecular weight excluding hydrogens is 496 g/mol. The SMILES string of the molecule is O=C(COc1ccc2ccccc2c1)N/N=C\c1ccc(OC(=O)c2sc3ccccc3c2Cl)cc1. The van der Waals surface area contributed by atoms with Crippen LogP contribution >= 0.6 is 22.9 Å². The summed E-state index contributed by atoms with van der Waals surface area (Å²) < 4.78 is 11.9. The number of thiophene rings is 1. The highest BCUT2D eigenvalue weighted by molar-refractivity contribution is 7.21. The number of hydrogen-bond donors (Lipinski definition) is 1. The summed E-state index contributed by atoms with van der Waals surface area (Å²) in [6.45, 7) is -0.162. The Morgan fingerprint density at radius 1 is 0.889 bits per heavy atom. The zero-order valence-electron chi connectivity index (χ0n) is 18.8. The molecule has 1 aromatic heterocycles. The van der Waals surface area contributed by atoms with Gasteiger partial charge in [-0.25, -0.2) is 10.2 Å². The maximum absolute atomic E-state index is 12.6. The highest BCUT2D eigenvalue weighted by Gasteiger charge is 2.18. The Labute approximate surface area is 215 Å². The minimum Gasteiger partial charge on any atom is -0.484 e. The van der Waals surface area contributed by atoms with Gasteiger partial charge < -0.3 is 9.47 Å². The zero-order chi connectivity index (χ0) is 24.9. The molecule has 8 heteroatoms. The normalized spacial score (nSPS) is 11.1. The number of halogens is 1. The molecule has 5 aromatic rings. The van der Waals surface area contributed by atoms with Crippen LogP contribution in [0.3, 0.4) is 0 Å². The first-order valence-electron chi connectivity index (χ1n) is 11.0. The van der Waals surface area contributed by atoms with Gasteiger partial charge in [-0.05, 0) is 58.8 Å². The number of amides is 1. The monoisotopic (exact) mass is 514 g/mol. The minimum atomic E-state index is -0.513. The van der Waals surface area contributed by atoms with Crippen LogP contribution in [-0.2, 0) is 4.79 Å². The van der Waals surface area contributed by atoms with E-state index in [1.165, 1.54) is 17.6 Å². The van der Waals surface area contributed by atoms with Crippen LogP contribution in [0.1, 0.15) is 15.2 Å². The van der Waals surface area contributed by atoms with Gasteiger partial charge in [0.25, 0.3) is 5.91 Å². The van der Waals surface area contributed by atoms with E-state index >= 15 is 0 Å². The first-order valence-corrected chi connectivity index (χ1v) is 12.2. The van der Waals surface area contributed by atoms with Gasteiger partial charge in [-0.2, -0.15) is 5.10 Å². The number of nitrogens with one attached hydrogen (secondary N) is 1. The molecule has 0 aliphatic carbocycles. The zero-order valence-corrected chi connectivity index (χ0v) is 20.4. The molecule has 0 saturated heterocycles. The molecule has 1 amide bonds. The molecule has 0 fully saturated rings. The number of carbonyl (C=O) groups is 2. The Balaban J connectivity index is 1.12. The van der Waals surface area contributed by atoms with Crippen molar-refractivity contribution in [2.45, 2.75) is 0 Å². The van der Waals surface area contributed by atoms with Gasteiger partial charge in [0.15, 0.2) is 6.61 Å². The fourth-order valence-electron chi connectivity index (χ4n) is 3.54. The summed E-state index contributed by atoms with van der Waals surface area (Å²) in [5.74, 6) is 0.0832. The third-order valence-corrected chi connectivity index (χ3v) is 6.96. The Hall–Kier alpha value is -4.20. The van der Waals surface area contributed by atoms with Crippen LogP contribution in [0.15, 0.2) is 96.1 Å². The van der Waals surface area contributed by atoms with Crippen LogP contribution in [0.2, 0.25) is 5.02 Å². The van der Waals surface area contributed by atoms with Crippen molar-refractivity contribution >= 4 is 61.9 Å². The van der Waals surface area contributed by atoms with E-state index in [0.29, 0.717) is 27.0 Å². The third-order valence-electron chi connectivity index (χ3n) is 5.30. The Kier molecular flexibility index (Phi) is 6.93. The number of rotatable bonds is 7. The van der Waals surface area contributed by atoms with Crippen molar-refractivity contribution in [3.8, 4) is 11.5 Å². The molecule has 0 aliphatic heterocycles. The second-order valence-corrected chi connectivity index (χ2v) is 9.22. The van der Waals surface area contributed by atoms with E-state index in [2.05, 4.69) is 10.5 Å². The molecule has 178 valence electrons. The largest absolute Gasteiger partial charge is 0.484 e. The molecule has 0 atom stereocenters. The number of hydrogen-bond acceptors (Lipinski definition) is 6. The van der Waals surface area contributed by atoms with E-state index < -0.39 is 5.97 Å². The van der Waals surface area contributed by atoms with Gasteiger partial charge in [0, 0.05) is 10.1 Å². The van der Waals surface area contributed by atoms with Crippen molar-refractivity contribution in [3.05, 3.63) is 106 Å². The molecule has 0 aliphatic rings. The summed E-state index contributed by atoms with van der Waals surface area (Å²) >= 11 is 7.65. The Morgan fingerprint density at radius 2 is 1.61 bits per heavy atom. The molecule has 0 unspecified atom stereocenters. The average molecular weight is 515 g/mol. The summed E-state index contributed by atoms with van der Waals surface area (Å²) in [5, 5.41) is 7.31. The second kappa shape index (κ2) is 10.6. The molecule has 6 nitrogen and oxygen atoms in total. The summed E-state index contributed by atoms with van der Waals surface area (Å²) in [7, 11) is 0. The van der Waals surface area contributed by atoms with Crippen LogP contribution in [0, 0.1) is 0 Å². The van der Waals surface area contributed by atoms with Gasteiger partial charge in [-0.1, -0.05) is 60.1 Å². The fourth-order valence-corrected chi connectivity index (χ4v) is 4.92. The average Bonchev–Trinajstić information content (AvgIpc) is 3.25. The quantitative estimate of drug-likeness (QED) is 0.117. The van der Waals surface area contributed by atoms with Crippen molar-refractivity contribution in [1.29, 1.82) is 0 Å². The van der Waals surface area contributed by atoms with Gasteiger partial charge >= 0.3 is 5.97 Å². The first-order chi connectivity index (χ1) is 17.6. The molecule has 0 bridgehead atoms. The molecule has 36 heavy (non-hydrogen) atoms. The molecule has 0 radical (unpaired) electrons. The van der Waals surface area contributed by atoms with Crippen molar-refractivity contribution in [3.63, 3.8) is 0 Å². The number of ether oxygens (including phenoxy) is 2. The number of esters is 1.